The topological polar surface area (TPSA) is 24.9 Å². The number of hydrogen-bond acceptors (Lipinski definition) is 4. The van der Waals surface area contributed by atoms with E-state index in [0.29, 0.717) is 6.04 Å². The lowest BCUT2D eigenvalue weighted by Crippen LogP contribution is -2.17. The van der Waals surface area contributed by atoms with Gasteiger partial charge in [0.05, 0.1) is 10.7 Å². The van der Waals surface area contributed by atoms with Gasteiger partial charge in [0.1, 0.15) is 0 Å². The molecule has 1 N–H and O–H groups in total. The first-order valence-electron chi connectivity index (χ1n) is 7.39. The second-order valence-electron chi connectivity index (χ2n) is 5.60. The Morgan fingerprint density at radius 1 is 1.25 bits per heavy atom. The van der Waals surface area contributed by atoms with Gasteiger partial charge in [0, 0.05) is 27.1 Å². The Morgan fingerprint density at radius 3 is 2.70 bits per heavy atom. The summed E-state index contributed by atoms with van der Waals surface area (Å²) in [4.78, 5) is 9.15. The van der Waals surface area contributed by atoms with E-state index in [1.54, 1.807) is 10.4 Å². The van der Waals surface area contributed by atoms with Crippen molar-refractivity contribution in [2.24, 2.45) is 0 Å². The SMILES string of the molecule is CNC(Cc1nc(C)c(C)s1)c1cc2c(s1)CCCC2. The molecule has 20 heavy (non-hydrogen) atoms. The van der Waals surface area contributed by atoms with Crippen LogP contribution in [-0.2, 0) is 19.3 Å². The van der Waals surface area contributed by atoms with Crippen LogP contribution in [0.15, 0.2) is 6.07 Å². The van der Waals surface area contributed by atoms with Gasteiger partial charge in [-0.2, -0.15) is 0 Å². The van der Waals surface area contributed by atoms with Crippen molar-refractivity contribution >= 4 is 22.7 Å². The Hall–Kier alpha value is -0.710. The molecule has 0 radical (unpaired) electrons. The molecule has 0 aromatic carbocycles. The third-order valence-electron chi connectivity index (χ3n) is 4.16. The van der Waals surface area contributed by atoms with E-state index in [0.717, 1.165) is 6.42 Å². The second-order valence-corrected chi connectivity index (χ2v) is 8.05. The first-order chi connectivity index (χ1) is 9.67. The molecule has 108 valence electrons. The highest BCUT2D eigenvalue weighted by atomic mass is 32.1. The third kappa shape index (κ3) is 2.83. The molecule has 1 aliphatic carbocycles. The van der Waals surface area contributed by atoms with E-state index in [2.05, 4.69) is 37.3 Å². The highest BCUT2D eigenvalue weighted by Gasteiger charge is 2.19. The van der Waals surface area contributed by atoms with Gasteiger partial charge in [0.15, 0.2) is 0 Å². The van der Waals surface area contributed by atoms with E-state index in [-0.39, 0.29) is 0 Å². The van der Waals surface area contributed by atoms with Gasteiger partial charge >= 0.3 is 0 Å². The Bertz CT molecular complexity index is 555. The van der Waals surface area contributed by atoms with Gasteiger partial charge in [0.2, 0.25) is 0 Å². The van der Waals surface area contributed by atoms with Gasteiger partial charge in [-0.25, -0.2) is 4.98 Å². The number of nitrogens with zero attached hydrogens (tertiary/aromatic N) is 1. The maximum absolute atomic E-state index is 4.69. The van der Waals surface area contributed by atoms with Gasteiger partial charge in [-0.05, 0) is 58.2 Å². The van der Waals surface area contributed by atoms with Crippen molar-refractivity contribution in [2.75, 3.05) is 7.05 Å². The van der Waals surface area contributed by atoms with E-state index < -0.39 is 0 Å². The molecule has 0 saturated heterocycles. The summed E-state index contributed by atoms with van der Waals surface area (Å²) in [6.07, 6.45) is 6.29. The van der Waals surface area contributed by atoms with Crippen molar-refractivity contribution in [1.82, 2.24) is 10.3 Å². The van der Waals surface area contributed by atoms with Gasteiger partial charge in [-0.15, -0.1) is 22.7 Å². The highest BCUT2D eigenvalue weighted by Crippen LogP contribution is 2.34. The van der Waals surface area contributed by atoms with Crippen LogP contribution in [0, 0.1) is 13.8 Å². The van der Waals surface area contributed by atoms with Crippen molar-refractivity contribution in [2.45, 2.75) is 52.0 Å². The van der Waals surface area contributed by atoms with Crippen LogP contribution in [-0.4, -0.2) is 12.0 Å². The minimum absolute atomic E-state index is 0.413. The Kier molecular flexibility index (Phi) is 4.24. The molecular weight excluding hydrogens is 284 g/mol. The minimum atomic E-state index is 0.413. The van der Waals surface area contributed by atoms with Gasteiger partial charge < -0.3 is 5.32 Å². The van der Waals surface area contributed by atoms with Crippen LogP contribution in [0.5, 0.6) is 0 Å². The molecule has 2 aromatic rings. The maximum atomic E-state index is 4.69. The summed E-state index contributed by atoms with van der Waals surface area (Å²) in [7, 11) is 2.07. The van der Waals surface area contributed by atoms with Crippen molar-refractivity contribution in [1.29, 1.82) is 0 Å². The molecule has 4 heteroatoms. The molecule has 2 aromatic heterocycles. The molecule has 0 saturated carbocycles. The zero-order chi connectivity index (χ0) is 14.1. The van der Waals surface area contributed by atoms with Gasteiger partial charge in [-0.3, -0.25) is 0 Å². The van der Waals surface area contributed by atoms with Crippen molar-refractivity contribution < 1.29 is 0 Å². The van der Waals surface area contributed by atoms with E-state index in [4.69, 9.17) is 0 Å². The zero-order valence-corrected chi connectivity index (χ0v) is 14.1. The number of aryl methyl sites for hydroxylation is 4. The first kappa shape index (κ1) is 14.2. The number of hydrogen-bond donors (Lipinski definition) is 1. The fourth-order valence-electron chi connectivity index (χ4n) is 2.83. The van der Waals surface area contributed by atoms with Crippen molar-refractivity contribution in [3.05, 3.63) is 37.0 Å². The lowest BCUT2D eigenvalue weighted by atomic mass is 9.98. The number of fused-ring (bicyclic) bond motifs is 1. The van der Waals surface area contributed by atoms with Crippen LogP contribution >= 0.6 is 22.7 Å². The standard InChI is InChI=1S/C16H22N2S2/c1-10-11(2)19-16(18-10)9-13(17-3)15-8-12-6-4-5-7-14(12)20-15/h8,13,17H,4-7,9H2,1-3H3. The predicted octanol–water partition coefficient (Wildman–Crippen LogP) is 4.20. The van der Waals surface area contributed by atoms with Gasteiger partial charge in [0.25, 0.3) is 0 Å². The normalized spacial score (nSPS) is 16.1. The average molecular weight is 307 g/mol. The summed E-state index contributed by atoms with van der Waals surface area (Å²) in [5, 5.41) is 4.74. The van der Waals surface area contributed by atoms with Crippen LogP contribution in [0.1, 0.15) is 49.8 Å². The zero-order valence-electron chi connectivity index (χ0n) is 12.5. The molecule has 2 nitrogen and oxygen atoms in total. The number of thiophene rings is 1. The van der Waals surface area contributed by atoms with E-state index in [9.17, 15) is 0 Å². The fraction of sp³-hybridized carbons (Fsp3) is 0.562. The summed E-state index contributed by atoms with van der Waals surface area (Å²) in [6.45, 7) is 4.27. The summed E-state index contributed by atoms with van der Waals surface area (Å²) >= 11 is 3.85. The molecular formula is C16H22N2S2. The Balaban J connectivity index is 1.80. The average Bonchev–Trinajstić information content (AvgIpc) is 3.00. The van der Waals surface area contributed by atoms with Crippen LogP contribution in [0.3, 0.4) is 0 Å². The van der Waals surface area contributed by atoms with E-state index in [1.165, 1.54) is 46.1 Å². The highest BCUT2D eigenvalue weighted by molar-refractivity contribution is 7.12. The molecule has 0 aliphatic heterocycles. The Morgan fingerprint density at radius 2 is 2.05 bits per heavy atom. The molecule has 1 unspecified atom stereocenters. The lowest BCUT2D eigenvalue weighted by molar-refractivity contribution is 0.599. The first-order valence-corrected chi connectivity index (χ1v) is 9.02. The number of nitrogens with one attached hydrogen (secondary N) is 1. The predicted molar refractivity (Wildman–Crippen MR) is 88.1 cm³/mol. The Labute approximate surface area is 129 Å². The summed E-state index contributed by atoms with van der Waals surface area (Å²) in [5.41, 5.74) is 2.79. The fourth-order valence-corrected chi connectivity index (χ4v) is 5.18. The number of aromatic nitrogens is 1. The number of thiazole rings is 1. The third-order valence-corrected chi connectivity index (χ3v) is 6.61. The minimum Gasteiger partial charge on any atom is -0.312 e. The molecule has 3 rings (SSSR count). The number of likely N-dealkylation sites (N-methyl/N-ethyl adjacent to an activating group) is 1. The smallest absolute Gasteiger partial charge is 0.0950 e. The summed E-state index contributed by atoms with van der Waals surface area (Å²) < 4.78 is 0. The van der Waals surface area contributed by atoms with Crippen molar-refractivity contribution in [3.63, 3.8) is 0 Å². The molecule has 1 aliphatic rings. The molecule has 2 heterocycles. The number of rotatable bonds is 4. The second kappa shape index (κ2) is 5.96. The largest absolute Gasteiger partial charge is 0.312 e. The monoisotopic (exact) mass is 306 g/mol. The molecule has 0 spiro atoms. The van der Waals surface area contributed by atoms with Crippen LogP contribution in [0.2, 0.25) is 0 Å². The van der Waals surface area contributed by atoms with E-state index in [1.807, 2.05) is 22.7 Å². The van der Waals surface area contributed by atoms with Crippen LogP contribution in [0.25, 0.3) is 0 Å². The quantitative estimate of drug-likeness (QED) is 0.915. The van der Waals surface area contributed by atoms with Crippen molar-refractivity contribution in [3.8, 4) is 0 Å². The van der Waals surface area contributed by atoms with Gasteiger partial charge in [-0.1, -0.05) is 0 Å². The molecule has 0 fully saturated rings. The maximum Gasteiger partial charge on any atom is 0.0950 e. The van der Waals surface area contributed by atoms with Crippen LogP contribution < -0.4 is 5.32 Å². The summed E-state index contributed by atoms with van der Waals surface area (Å²) in [6, 6.07) is 2.85. The molecule has 0 amide bonds. The molecule has 0 bridgehead atoms. The summed E-state index contributed by atoms with van der Waals surface area (Å²) in [5.74, 6) is 0. The van der Waals surface area contributed by atoms with E-state index >= 15 is 0 Å². The molecule has 1 atom stereocenters. The lowest BCUT2D eigenvalue weighted by Gasteiger charge is -2.12. The van der Waals surface area contributed by atoms with Crippen LogP contribution in [0.4, 0.5) is 0 Å².